The number of rotatable bonds is 4. The number of ether oxygens (including phenoxy) is 1. The molecule has 2 unspecified atom stereocenters. The number of hydrogen-bond donors (Lipinski definition) is 1. The standard InChI is InChI=1S/C8H17NO3S/c1-7(5-9)13(10,11)6-8-3-2-4-12-8/h7-8H,2-6,9H2,1H3. The minimum atomic E-state index is -3.04. The van der Waals surface area contributed by atoms with Crippen molar-refractivity contribution in [2.24, 2.45) is 5.73 Å². The van der Waals surface area contributed by atoms with Gasteiger partial charge in [-0.2, -0.15) is 0 Å². The second kappa shape index (κ2) is 4.39. The van der Waals surface area contributed by atoms with Crippen molar-refractivity contribution in [2.45, 2.75) is 31.1 Å². The first-order chi connectivity index (χ1) is 6.06. The molecule has 0 aliphatic carbocycles. The van der Waals surface area contributed by atoms with E-state index in [1.165, 1.54) is 0 Å². The fourth-order valence-corrected chi connectivity index (χ4v) is 2.75. The van der Waals surface area contributed by atoms with E-state index in [1.54, 1.807) is 6.92 Å². The summed E-state index contributed by atoms with van der Waals surface area (Å²) in [4.78, 5) is 0. The first-order valence-corrected chi connectivity index (χ1v) is 6.31. The Hall–Kier alpha value is -0.130. The molecule has 2 N–H and O–H groups in total. The Bertz CT molecular complexity index is 244. The highest BCUT2D eigenvalue weighted by Crippen LogP contribution is 2.15. The van der Waals surface area contributed by atoms with Crippen molar-refractivity contribution in [2.75, 3.05) is 18.9 Å². The number of sulfone groups is 1. The van der Waals surface area contributed by atoms with E-state index in [0.717, 1.165) is 12.8 Å². The number of hydrogen-bond acceptors (Lipinski definition) is 4. The fourth-order valence-electron chi connectivity index (χ4n) is 1.35. The molecule has 1 aliphatic rings. The van der Waals surface area contributed by atoms with Gasteiger partial charge >= 0.3 is 0 Å². The first-order valence-electron chi connectivity index (χ1n) is 4.59. The van der Waals surface area contributed by atoms with E-state index < -0.39 is 15.1 Å². The van der Waals surface area contributed by atoms with Crippen LogP contribution in [0.4, 0.5) is 0 Å². The summed E-state index contributed by atoms with van der Waals surface area (Å²) in [7, 11) is -3.04. The fraction of sp³-hybridized carbons (Fsp3) is 1.00. The van der Waals surface area contributed by atoms with Crippen LogP contribution in [0.15, 0.2) is 0 Å². The highest BCUT2D eigenvalue weighted by Gasteiger charge is 2.26. The van der Waals surface area contributed by atoms with E-state index in [-0.39, 0.29) is 18.4 Å². The molecule has 1 rings (SSSR count). The van der Waals surface area contributed by atoms with Gasteiger partial charge in [-0.05, 0) is 19.8 Å². The second-order valence-electron chi connectivity index (χ2n) is 3.51. The van der Waals surface area contributed by atoms with Crippen LogP contribution in [0.1, 0.15) is 19.8 Å². The van der Waals surface area contributed by atoms with Gasteiger partial charge in [-0.15, -0.1) is 0 Å². The van der Waals surface area contributed by atoms with Crippen LogP contribution >= 0.6 is 0 Å². The first kappa shape index (κ1) is 10.9. The second-order valence-corrected chi connectivity index (χ2v) is 5.97. The molecule has 1 fully saturated rings. The Kier molecular flexibility index (Phi) is 3.70. The lowest BCUT2D eigenvalue weighted by Gasteiger charge is -2.14. The molecule has 0 amide bonds. The third-order valence-electron chi connectivity index (χ3n) is 2.39. The van der Waals surface area contributed by atoms with E-state index >= 15 is 0 Å². The summed E-state index contributed by atoms with van der Waals surface area (Å²) >= 11 is 0. The van der Waals surface area contributed by atoms with Crippen molar-refractivity contribution in [1.82, 2.24) is 0 Å². The van der Waals surface area contributed by atoms with Gasteiger partial charge in [0.05, 0.1) is 17.1 Å². The molecule has 0 aromatic carbocycles. The topological polar surface area (TPSA) is 69.4 Å². The molecular weight excluding hydrogens is 190 g/mol. The van der Waals surface area contributed by atoms with E-state index in [0.29, 0.717) is 6.61 Å². The van der Waals surface area contributed by atoms with Gasteiger partial charge in [0.15, 0.2) is 9.84 Å². The molecule has 13 heavy (non-hydrogen) atoms. The predicted octanol–water partition coefficient (Wildman–Crippen LogP) is -0.0726. The molecule has 1 aliphatic heterocycles. The summed E-state index contributed by atoms with van der Waals surface area (Å²) in [6, 6.07) is 0. The lowest BCUT2D eigenvalue weighted by molar-refractivity contribution is 0.127. The molecule has 0 aromatic rings. The molecule has 1 heterocycles. The maximum atomic E-state index is 11.6. The zero-order chi connectivity index (χ0) is 9.90. The largest absolute Gasteiger partial charge is 0.377 e. The highest BCUT2D eigenvalue weighted by atomic mass is 32.2. The average molecular weight is 207 g/mol. The van der Waals surface area contributed by atoms with Gasteiger partial charge in [-0.1, -0.05) is 0 Å². The van der Waals surface area contributed by atoms with Gasteiger partial charge in [-0.3, -0.25) is 0 Å². The lowest BCUT2D eigenvalue weighted by atomic mass is 10.3. The van der Waals surface area contributed by atoms with Crippen molar-refractivity contribution >= 4 is 9.84 Å². The zero-order valence-electron chi connectivity index (χ0n) is 7.90. The van der Waals surface area contributed by atoms with Crippen molar-refractivity contribution < 1.29 is 13.2 Å². The van der Waals surface area contributed by atoms with E-state index in [4.69, 9.17) is 10.5 Å². The summed E-state index contributed by atoms with van der Waals surface area (Å²) in [5.41, 5.74) is 5.31. The van der Waals surface area contributed by atoms with Crippen LogP contribution < -0.4 is 5.73 Å². The Labute approximate surface area is 79.4 Å². The van der Waals surface area contributed by atoms with Crippen LogP contribution in [0, 0.1) is 0 Å². The van der Waals surface area contributed by atoms with Crippen LogP contribution in [0.5, 0.6) is 0 Å². The third-order valence-corrected chi connectivity index (χ3v) is 4.64. The molecule has 0 spiro atoms. The zero-order valence-corrected chi connectivity index (χ0v) is 8.72. The van der Waals surface area contributed by atoms with Crippen LogP contribution in [-0.2, 0) is 14.6 Å². The molecular formula is C8H17NO3S. The van der Waals surface area contributed by atoms with Crippen LogP contribution in [0.3, 0.4) is 0 Å². The van der Waals surface area contributed by atoms with Gasteiger partial charge in [0, 0.05) is 13.2 Å². The van der Waals surface area contributed by atoms with Crippen molar-refractivity contribution in [3.05, 3.63) is 0 Å². The molecule has 1 saturated heterocycles. The maximum absolute atomic E-state index is 11.6. The molecule has 4 nitrogen and oxygen atoms in total. The quantitative estimate of drug-likeness (QED) is 0.700. The monoisotopic (exact) mass is 207 g/mol. The van der Waals surface area contributed by atoms with Crippen molar-refractivity contribution in [1.29, 1.82) is 0 Å². The molecule has 5 heteroatoms. The summed E-state index contributed by atoms with van der Waals surface area (Å²) in [6.07, 6.45) is 1.73. The number of nitrogens with two attached hydrogens (primary N) is 1. The highest BCUT2D eigenvalue weighted by molar-refractivity contribution is 7.92. The lowest BCUT2D eigenvalue weighted by Crippen LogP contribution is -2.32. The van der Waals surface area contributed by atoms with Crippen molar-refractivity contribution in [3.8, 4) is 0 Å². The molecule has 0 radical (unpaired) electrons. The summed E-state index contributed by atoms with van der Waals surface area (Å²) in [6.45, 7) is 2.52. The van der Waals surface area contributed by atoms with Crippen molar-refractivity contribution in [3.63, 3.8) is 0 Å². The molecule has 2 atom stereocenters. The Balaban J connectivity index is 2.50. The molecule has 0 bridgehead atoms. The van der Waals surface area contributed by atoms with E-state index in [9.17, 15) is 8.42 Å². The minimum absolute atomic E-state index is 0.0981. The normalized spacial score (nSPS) is 26.2. The average Bonchev–Trinajstić information content (AvgIpc) is 2.54. The Morgan fingerprint density at radius 2 is 2.31 bits per heavy atom. The molecule has 0 aromatic heterocycles. The Morgan fingerprint density at radius 3 is 2.77 bits per heavy atom. The summed E-state index contributed by atoms with van der Waals surface area (Å²) in [5.74, 6) is 0.130. The molecule has 0 saturated carbocycles. The van der Waals surface area contributed by atoms with E-state index in [2.05, 4.69) is 0 Å². The summed E-state index contributed by atoms with van der Waals surface area (Å²) < 4.78 is 28.4. The Morgan fingerprint density at radius 1 is 1.62 bits per heavy atom. The molecule has 78 valence electrons. The predicted molar refractivity (Wildman–Crippen MR) is 51.3 cm³/mol. The van der Waals surface area contributed by atoms with Gasteiger partial charge in [0.2, 0.25) is 0 Å². The van der Waals surface area contributed by atoms with Crippen LogP contribution in [-0.4, -0.2) is 38.7 Å². The SMILES string of the molecule is CC(CN)S(=O)(=O)CC1CCCO1. The van der Waals surface area contributed by atoms with Gasteiger partial charge in [0.1, 0.15) is 0 Å². The van der Waals surface area contributed by atoms with Gasteiger partial charge < -0.3 is 10.5 Å². The maximum Gasteiger partial charge on any atom is 0.156 e. The van der Waals surface area contributed by atoms with Gasteiger partial charge in [0.25, 0.3) is 0 Å². The van der Waals surface area contributed by atoms with Crippen LogP contribution in [0.2, 0.25) is 0 Å². The van der Waals surface area contributed by atoms with Gasteiger partial charge in [-0.25, -0.2) is 8.42 Å². The third kappa shape index (κ3) is 2.93. The summed E-state index contributed by atoms with van der Waals surface area (Å²) in [5, 5.41) is -0.448. The van der Waals surface area contributed by atoms with E-state index in [1.807, 2.05) is 0 Å². The van der Waals surface area contributed by atoms with Crippen LogP contribution in [0.25, 0.3) is 0 Å². The minimum Gasteiger partial charge on any atom is -0.377 e. The smallest absolute Gasteiger partial charge is 0.156 e.